The number of carboxylic acids is 1. The molecule has 2 unspecified atom stereocenters. The summed E-state index contributed by atoms with van der Waals surface area (Å²) in [6.45, 7) is 22.2. The molecule has 2 saturated heterocycles. The van der Waals surface area contributed by atoms with Crippen molar-refractivity contribution in [3.05, 3.63) is 184 Å². The van der Waals surface area contributed by atoms with Crippen molar-refractivity contribution in [2.75, 3.05) is 45.9 Å². The van der Waals surface area contributed by atoms with Crippen LogP contribution >= 0.6 is 0 Å². The molecule has 2 aliphatic rings. The van der Waals surface area contributed by atoms with Gasteiger partial charge in [-0.3, -0.25) is 28.8 Å². The van der Waals surface area contributed by atoms with Gasteiger partial charge in [0.15, 0.2) is 0 Å². The number of benzene rings is 4. The van der Waals surface area contributed by atoms with Crippen LogP contribution in [0.4, 0.5) is 43.9 Å². The number of nitrogens with one attached hydrogen (secondary N) is 2. The Balaban J connectivity index is 0.000000271. The summed E-state index contributed by atoms with van der Waals surface area (Å²) < 4.78 is 156. The number of hydrogen-bond donors (Lipinski definition) is 3. The lowest BCUT2D eigenvalue weighted by Gasteiger charge is -2.31. The van der Waals surface area contributed by atoms with Crippen LogP contribution in [0.5, 0.6) is 0 Å². The van der Waals surface area contributed by atoms with Crippen LogP contribution in [0.1, 0.15) is 164 Å². The standard InChI is InChI=1S/C37H44F5N3O4.C35H40F5N3O4/c1-7-49-31(47)19-28(33-34(38)24(6)17-26(35(33)39)32-22(4)10-8-11-23(32)5)43-36(48)29(16-21(2)3)45-20-25(12-15-44-13-9-14-44)27(18-30(45)46)37(40,41)42;1-19(2)14-27(43-18-23(10-13-42-11-7-12-42)25(16-28(43)44)35(38,39)40)34(47)41-26(17-29(45)46)31-32(36)22(5)15-24(33(31)37)30-20(3)8-6-9-21(30)4/h8,10-11,17-18,20-21,28-29H,7,9,12-16,19H2,1-6H3,(H,43,48);6,8-9,15-16,18-19,26-27H,7,10-14,17H2,1-5H3,(H,41,47)(H,45,46)/t28-,29?;26-,27?/m00/s1. The number of alkyl halides is 6. The molecular formula is C72H84F10N6O8. The fourth-order valence-electron chi connectivity index (χ4n) is 12.5. The minimum absolute atomic E-state index is 0.00254. The van der Waals surface area contributed by atoms with Crippen LogP contribution in [0.25, 0.3) is 22.3 Å². The first-order valence-corrected chi connectivity index (χ1v) is 32.2. The number of carbonyl (C=O) groups excluding carboxylic acids is 3. The van der Waals surface area contributed by atoms with E-state index < -0.39 is 130 Å². The summed E-state index contributed by atoms with van der Waals surface area (Å²) in [6.07, 6.45) is -7.16. The topological polar surface area (TPSA) is 172 Å². The molecule has 0 bridgehead atoms. The van der Waals surface area contributed by atoms with Gasteiger partial charge < -0.3 is 39.4 Å². The van der Waals surface area contributed by atoms with E-state index in [4.69, 9.17) is 4.74 Å². The zero-order chi connectivity index (χ0) is 71.0. The van der Waals surface area contributed by atoms with Gasteiger partial charge in [0.2, 0.25) is 11.8 Å². The maximum Gasteiger partial charge on any atom is 0.416 e. The number of ether oxygens (including phenoxy) is 1. The molecule has 4 atom stereocenters. The molecule has 2 amide bonds. The van der Waals surface area contributed by atoms with Crippen molar-refractivity contribution in [2.24, 2.45) is 11.8 Å². The van der Waals surface area contributed by atoms with Crippen LogP contribution in [-0.4, -0.2) is 93.7 Å². The quantitative estimate of drug-likeness (QED) is 0.0370. The molecule has 0 radical (unpaired) electrons. The van der Waals surface area contributed by atoms with Gasteiger partial charge >= 0.3 is 24.3 Å². The third kappa shape index (κ3) is 18.1. The summed E-state index contributed by atoms with van der Waals surface area (Å²) in [5, 5.41) is 14.8. The normalized spacial score (nSPS) is 14.9. The number of esters is 1. The number of carbonyl (C=O) groups is 4. The number of aromatic nitrogens is 2. The summed E-state index contributed by atoms with van der Waals surface area (Å²) in [4.78, 5) is 83.3. The summed E-state index contributed by atoms with van der Waals surface area (Å²) in [7, 11) is 0. The van der Waals surface area contributed by atoms with Gasteiger partial charge in [-0.2, -0.15) is 26.3 Å². The molecule has 0 aliphatic carbocycles. The van der Waals surface area contributed by atoms with Gasteiger partial charge in [-0.1, -0.05) is 64.1 Å². The van der Waals surface area contributed by atoms with E-state index >= 15 is 17.6 Å². The van der Waals surface area contributed by atoms with Crippen molar-refractivity contribution in [1.29, 1.82) is 0 Å². The highest BCUT2D eigenvalue weighted by molar-refractivity contribution is 5.83. The van der Waals surface area contributed by atoms with E-state index in [9.17, 15) is 60.2 Å². The second kappa shape index (κ2) is 31.8. The lowest BCUT2D eigenvalue weighted by molar-refractivity contribution is -0.144. The smallest absolute Gasteiger partial charge is 0.416 e. The Kier molecular flexibility index (Phi) is 25.0. The molecular weight excluding hydrogens is 1270 g/mol. The van der Waals surface area contributed by atoms with E-state index in [1.807, 2.05) is 15.9 Å². The SMILES string of the molecule is CCOC(=O)C[C@H](NC(=O)C(CC(C)C)n1cc(CCN2CCC2)c(C(F)(F)F)cc1=O)c1c(F)c(C)cc(-c2c(C)cccc2C)c1F.Cc1cc(-c2c(C)cccc2C)c(F)c([C@H](CC(=O)O)NC(=O)C(CC(C)C)n2cc(CCN3CCC3)c(C(F)(F)F)cc2=O)c1F. The largest absolute Gasteiger partial charge is 0.481 e. The number of rotatable bonds is 25. The summed E-state index contributed by atoms with van der Waals surface area (Å²) in [5.74, 6) is -8.61. The third-order valence-corrected chi connectivity index (χ3v) is 17.6. The predicted octanol–water partition coefficient (Wildman–Crippen LogP) is 14.3. The van der Waals surface area contributed by atoms with E-state index in [0.717, 1.165) is 71.7 Å². The molecule has 24 heteroatoms. The first kappa shape index (κ1) is 75.3. The number of hydrogen-bond acceptors (Lipinski definition) is 9. The number of pyridine rings is 2. The lowest BCUT2D eigenvalue weighted by Crippen LogP contribution is -2.41. The molecule has 6 aromatic rings. The summed E-state index contributed by atoms with van der Waals surface area (Å²) in [5.41, 5.74) is -1.72. The van der Waals surface area contributed by atoms with Gasteiger partial charge in [0.1, 0.15) is 35.4 Å². The zero-order valence-electron chi connectivity index (χ0n) is 55.9. The Bertz CT molecular complexity index is 3920. The van der Waals surface area contributed by atoms with Crippen molar-refractivity contribution < 1.29 is 72.9 Å². The second-order valence-electron chi connectivity index (χ2n) is 25.9. The average Bonchev–Trinajstić information content (AvgIpc) is 0.788. The number of amides is 2. The summed E-state index contributed by atoms with van der Waals surface area (Å²) >= 11 is 0. The first-order chi connectivity index (χ1) is 45.0. The highest BCUT2D eigenvalue weighted by Gasteiger charge is 2.40. The van der Waals surface area contributed by atoms with Gasteiger partial charge in [0.05, 0.1) is 42.7 Å². The monoisotopic (exact) mass is 1350 g/mol. The molecule has 2 aliphatic heterocycles. The molecule has 2 aromatic heterocycles. The molecule has 0 saturated carbocycles. The Labute approximate surface area is 552 Å². The number of carboxylic acid groups (broad SMARTS) is 1. The summed E-state index contributed by atoms with van der Waals surface area (Å²) in [6, 6.07) is 8.33. The van der Waals surface area contributed by atoms with Crippen molar-refractivity contribution in [3.8, 4) is 22.3 Å². The molecule has 14 nitrogen and oxygen atoms in total. The predicted molar refractivity (Wildman–Crippen MR) is 345 cm³/mol. The van der Waals surface area contributed by atoms with Crippen LogP contribution in [-0.2, 0) is 49.1 Å². The third-order valence-electron chi connectivity index (χ3n) is 17.6. The van der Waals surface area contributed by atoms with Crippen molar-refractivity contribution >= 4 is 23.8 Å². The van der Waals surface area contributed by atoms with Gasteiger partial charge in [-0.25, -0.2) is 17.6 Å². The molecule has 4 aromatic carbocycles. The van der Waals surface area contributed by atoms with E-state index in [0.29, 0.717) is 47.5 Å². The molecule has 4 heterocycles. The van der Waals surface area contributed by atoms with Crippen LogP contribution < -0.4 is 21.8 Å². The molecule has 2 fully saturated rings. The number of aliphatic carboxylic acids is 1. The number of nitrogens with zero attached hydrogens (tertiary/aromatic N) is 4. The van der Waals surface area contributed by atoms with Crippen LogP contribution in [0, 0.1) is 76.6 Å². The van der Waals surface area contributed by atoms with Crippen LogP contribution in [0.3, 0.4) is 0 Å². The van der Waals surface area contributed by atoms with Crippen molar-refractivity contribution in [3.63, 3.8) is 0 Å². The molecule has 0 spiro atoms. The van der Waals surface area contributed by atoms with Crippen molar-refractivity contribution in [2.45, 2.75) is 164 Å². The fraction of sp³-hybridized carbons (Fsp3) is 0.472. The highest BCUT2D eigenvalue weighted by atomic mass is 19.4. The van der Waals surface area contributed by atoms with E-state index in [-0.39, 0.29) is 77.5 Å². The molecule has 96 heavy (non-hydrogen) atoms. The highest BCUT2D eigenvalue weighted by Crippen LogP contribution is 2.41. The Morgan fingerprint density at radius 1 is 0.542 bits per heavy atom. The van der Waals surface area contributed by atoms with E-state index in [2.05, 4.69) is 10.6 Å². The van der Waals surface area contributed by atoms with E-state index in [1.165, 1.54) is 26.0 Å². The Morgan fingerprint density at radius 2 is 0.896 bits per heavy atom. The van der Waals surface area contributed by atoms with Gasteiger partial charge in [0, 0.05) is 59.9 Å². The maximum absolute atomic E-state index is 16.6. The second-order valence-corrected chi connectivity index (χ2v) is 25.9. The Morgan fingerprint density at radius 3 is 1.20 bits per heavy atom. The van der Waals surface area contributed by atoms with Gasteiger partial charge in [-0.15, -0.1) is 0 Å². The van der Waals surface area contributed by atoms with E-state index in [1.54, 1.807) is 92.6 Å². The Hall–Kier alpha value is -8.12. The number of likely N-dealkylation sites (tertiary alicyclic amines) is 2. The first-order valence-electron chi connectivity index (χ1n) is 32.2. The van der Waals surface area contributed by atoms with Crippen LogP contribution in [0.15, 0.2) is 82.6 Å². The fourth-order valence-corrected chi connectivity index (χ4v) is 12.5. The van der Waals surface area contributed by atoms with Gasteiger partial charge in [-0.05, 0) is 193 Å². The van der Waals surface area contributed by atoms with Gasteiger partial charge in [0.25, 0.3) is 11.1 Å². The lowest BCUT2D eigenvalue weighted by atomic mass is 9.89. The number of halogens is 10. The average molecular weight is 1350 g/mol. The van der Waals surface area contributed by atoms with Crippen LogP contribution in [0.2, 0.25) is 0 Å². The minimum Gasteiger partial charge on any atom is -0.481 e. The van der Waals surface area contributed by atoms with Crippen molar-refractivity contribution in [1.82, 2.24) is 29.6 Å². The molecule has 3 N–H and O–H groups in total. The minimum atomic E-state index is -4.81. The number of aryl methyl sites for hydroxylation is 6. The maximum atomic E-state index is 16.6. The zero-order valence-corrected chi connectivity index (χ0v) is 55.9. The molecule has 8 rings (SSSR count). The molecule has 520 valence electrons.